The Morgan fingerprint density at radius 1 is 1.16 bits per heavy atom. The molecule has 0 saturated heterocycles. The summed E-state index contributed by atoms with van der Waals surface area (Å²) in [6.45, 7) is 0. The second-order valence-corrected chi connectivity index (χ2v) is 8.91. The quantitative estimate of drug-likeness (QED) is 0.437. The second-order valence-electron chi connectivity index (χ2n) is 7.46. The van der Waals surface area contributed by atoms with Crippen LogP contribution in [0.1, 0.15) is 30.1 Å². The van der Waals surface area contributed by atoms with Gasteiger partial charge in [-0.25, -0.2) is 8.78 Å². The van der Waals surface area contributed by atoms with Gasteiger partial charge in [0.2, 0.25) is 0 Å². The highest BCUT2D eigenvalue weighted by molar-refractivity contribution is 7.85. The summed E-state index contributed by atoms with van der Waals surface area (Å²) < 4.78 is 41.1. The fourth-order valence-corrected chi connectivity index (χ4v) is 4.27. The predicted octanol–water partition coefficient (Wildman–Crippen LogP) is 4.72. The van der Waals surface area contributed by atoms with Gasteiger partial charge in [-0.2, -0.15) is 10.2 Å². The molecule has 5 rings (SSSR count). The highest BCUT2D eigenvalue weighted by atomic mass is 32.2. The molecule has 1 aliphatic rings. The lowest BCUT2D eigenvalue weighted by atomic mass is 10.1. The molecule has 0 radical (unpaired) electrons. The Morgan fingerprint density at radius 3 is 2.74 bits per heavy atom. The van der Waals surface area contributed by atoms with Crippen LogP contribution in [0, 0.1) is 11.6 Å². The van der Waals surface area contributed by atoms with Gasteiger partial charge in [0.05, 0.1) is 40.1 Å². The van der Waals surface area contributed by atoms with Crippen LogP contribution in [0.15, 0.2) is 53.7 Å². The molecule has 2 aromatic carbocycles. The summed E-state index contributed by atoms with van der Waals surface area (Å²) in [5.74, 6) is -1.47. The normalized spacial score (nSPS) is 15.0. The van der Waals surface area contributed by atoms with Gasteiger partial charge in [0.1, 0.15) is 11.6 Å². The molecule has 4 aromatic rings. The van der Waals surface area contributed by atoms with E-state index >= 15 is 0 Å². The summed E-state index contributed by atoms with van der Waals surface area (Å²) >= 11 is 0. The van der Waals surface area contributed by atoms with Crippen LogP contribution >= 0.6 is 0 Å². The molecule has 0 amide bonds. The zero-order valence-electron chi connectivity index (χ0n) is 16.4. The first kappa shape index (κ1) is 19.6. The molecule has 1 saturated carbocycles. The van der Waals surface area contributed by atoms with Crippen molar-refractivity contribution in [1.29, 1.82) is 0 Å². The topological polar surface area (TPSA) is 75.6 Å². The Balaban J connectivity index is 1.31. The third-order valence-corrected chi connectivity index (χ3v) is 6.24. The Kier molecular flexibility index (Phi) is 5.11. The van der Waals surface area contributed by atoms with Crippen LogP contribution in [0.5, 0.6) is 0 Å². The van der Waals surface area contributed by atoms with Crippen LogP contribution in [0.3, 0.4) is 0 Å². The van der Waals surface area contributed by atoms with Crippen molar-refractivity contribution in [2.45, 2.75) is 23.8 Å². The van der Waals surface area contributed by atoms with Gasteiger partial charge in [-0.15, -0.1) is 0 Å². The van der Waals surface area contributed by atoms with Crippen LogP contribution in [-0.2, 0) is 10.8 Å². The minimum atomic E-state index is -1.60. The standard InChI is InChI=1S/C22H19F2N5OS/c23-15-7-16(24)9-19(8-15)31(30)13-25-17-2-6-22-20(10-17)21(27-28-22)5-1-14-11-26-29(12-14)18-3-4-18/h1-2,5-12,18,25H,3-4,13H2,(H,27,28)/b5-1+. The number of nitrogens with zero attached hydrogens (tertiary/aromatic N) is 3. The number of rotatable bonds is 7. The van der Waals surface area contributed by atoms with Crippen molar-refractivity contribution < 1.29 is 13.0 Å². The summed E-state index contributed by atoms with van der Waals surface area (Å²) in [5, 5.41) is 15.7. The van der Waals surface area contributed by atoms with Gasteiger partial charge < -0.3 is 5.32 Å². The monoisotopic (exact) mass is 439 g/mol. The summed E-state index contributed by atoms with van der Waals surface area (Å²) in [6.07, 6.45) is 10.1. The molecule has 0 aliphatic heterocycles. The van der Waals surface area contributed by atoms with Crippen LogP contribution in [0.2, 0.25) is 0 Å². The Morgan fingerprint density at radius 2 is 1.97 bits per heavy atom. The number of halogens is 2. The fraction of sp³-hybridized carbons (Fsp3) is 0.182. The first-order chi connectivity index (χ1) is 15.0. The maximum Gasteiger partial charge on any atom is 0.127 e. The number of anilines is 1. The minimum Gasteiger partial charge on any atom is -0.373 e. The predicted molar refractivity (Wildman–Crippen MR) is 117 cm³/mol. The van der Waals surface area contributed by atoms with E-state index in [4.69, 9.17) is 0 Å². The second kappa shape index (κ2) is 8.07. The van der Waals surface area contributed by atoms with E-state index in [1.807, 2.05) is 47.4 Å². The van der Waals surface area contributed by atoms with Crippen LogP contribution in [0.25, 0.3) is 23.1 Å². The van der Waals surface area contributed by atoms with E-state index in [0.29, 0.717) is 6.04 Å². The number of fused-ring (bicyclic) bond motifs is 1. The Hall–Kier alpha value is -3.33. The number of benzene rings is 2. The molecule has 1 unspecified atom stereocenters. The van der Waals surface area contributed by atoms with E-state index in [-0.39, 0.29) is 10.8 Å². The molecule has 1 atom stereocenters. The van der Waals surface area contributed by atoms with Crippen molar-refractivity contribution >= 4 is 39.5 Å². The molecule has 2 aromatic heterocycles. The smallest absolute Gasteiger partial charge is 0.127 e. The fourth-order valence-electron chi connectivity index (χ4n) is 3.32. The maximum absolute atomic E-state index is 13.4. The van der Waals surface area contributed by atoms with Crippen molar-refractivity contribution in [1.82, 2.24) is 20.0 Å². The molecule has 0 spiro atoms. The first-order valence-corrected chi connectivity index (χ1v) is 11.2. The van der Waals surface area contributed by atoms with Crippen molar-refractivity contribution in [3.8, 4) is 0 Å². The van der Waals surface area contributed by atoms with Gasteiger partial charge in [-0.05, 0) is 55.3 Å². The number of hydrogen-bond donors (Lipinski definition) is 2. The molecule has 9 heteroatoms. The Bertz CT molecular complexity index is 1290. The van der Waals surface area contributed by atoms with Crippen LogP contribution in [0.4, 0.5) is 14.5 Å². The van der Waals surface area contributed by atoms with Gasteiger partial charge in [0, 0.05) is 33.8 Å². The summed E-state index contributed by atoms with van der Waals surface area (Å²) in [6, 6.07) is 9.05. The summed E-state index contributed by atoms with van der Waals surface area (Å²) in [5.41, 5.74) is 3.38. The van der Waals surface area contributed by atoms with E-state index in [1.54, 1.807) is 0 Å². The van der Waals surface area contributed by atoms with Gasteiger partial charge in [-0.3, -0.25) is 14.0 Å². The average molecular weight is 439 g/mol. The largest absolute Gasteiger partial charge is 0.373 e. The van der Waals surface area contributed by atoms with Gasteiger partial charge in [0.25, 0.3) is 0 Å². The van der Waals surface area contributed by atoms with Gasteiger partial charge in [0.15, 0.2) is 0 Å². The van der Waals surface area contributed by atoms with E-state index in [9.17, 15) is 13.0 Å². The average Bonchev–Trinajstić information content (AvgIpc) is 3.36. The Labute approximate surface area is 179 Å². The summed E-state index contributed by atoms with van der Waals surface area (Å²) in [4.78, 5) is 0.102. The van der Waals surface area contributed by atoms with E-state index in [0.717, 1.165) is 46.0 Å². The number of aromatic nitrogens is 4. The number of hydrogen-bond acceptors (Lipinski definition) is 4. The maximum atomic E-state index is 13.4. The number of nitrogens with one attached hydrogen (secondary N) is 2. The molecule has 1 fully saturated rings. The van der Waals surface area contributed by atoms with Crippen molar-refractivity contribution in [3.05, 3.63) is 71.7 Å². The van der Waals surface area contributed by atoms with Gasteiger partial charge >= 0.3 is 0 Å². The molecule has 2 heterocycles. The highest BCUT2D eigenvalue weighted by Gasteiger charge is 2.23. The van der Waals surface area contributed by atoms with Crippen LogP contribution in [-0.4, -0.2) is 30.1 Å². The number of aromatic amines is 1. The van der Waals surface area contributed by atoms with Gasteiger partial charge in [-0.1, -0.05) is 0 Å². The van der Waals surface area contributed by atoms with E-state index in [1.165, 1.54) is 12.8 Å². The first-order valence-electron chi connectivity index (χ1n) is 9.84. The molecular weight excluding hydrogens is 420 g/mol. The molecular formula is C22H19F2N5OS. The van der Waals surface area contributed by atoms with E-state index in [2.05, 4.69) is 20.6 Å². The third kappa shape index (κ3) is 4.41. The third-order valence-electron chi connectivity index (χ3n) is 5.07. The van der Waals surface area contributed by atoms with Crippen molar-refractivity contribution in [2.24, 2.45) is 0 Å². The summed E-state index contributed by atoms with van der Waals surface area (Å²) in [7, 11) is -1.60. The minimum absolute atomic E-state index is 0.0256. The highest BCUT2D eigenvalue weighted by Crippen LogP contribution is 2.34. The molecule has 2 N–H and O–H groups in total. The van der Waals surface area contributed by atoms with Crippen molar-refractivity contribution in [3.63, 3.8) is 0 Å². The lowest BCUT2D eigenvalue weighted by Gasteiger charge is -2.07. The van der Waals surface area contributed by atoms with Crippen molar-refractivity contribution in [2.75, 3.05) is 11.2 Å². The van der Waals surface area contributed by atoms with Crippen LogP contribution < -0.4 is 5.32 Å². The molecule has 6 nitrogen and oxygen atoms in total. The lowest BCUT2D eigenvalue weighted by Crippen LogP contribution is -2.09. The number of H-pyrrole nitrogens is 1. The zero-order chi connectivity index (χ0) is 21.4. The lowest BCUT2D eigenvalue weighted by molar-refractivity contribution is 0.576. The SMILES string of the molecule is O=S(CNc1ccc2[nH]nc(/C=C/c3cnn(C4CC4)c3)c2c1)c1cc(F)cc(F)c1. The zero-order valence-corrected chi connectivity index (χ0v) is 17.2. The molecule has 0 bridgehead atoms. The van der Waals surface area contributed by atoms with E-state index < -0.39 is 22.4 Å². The molecule has 158 valence electrons. The molecule has 31 heavy (non-hydrogen) atoms. The molecule has 1 aliphatic carbocycles.